The standard InChI is InChI=1S/C5H8N2O/c6-5-4(3-8)1-2-7-5/h3,8H,1-2H2,(H2,6,7). The lowest BCUT2D eigenvalue weighted by molar-refractivity contribution is 0.468. The molecule has 0 radical (unpaired) electrons. The summed E-state index contributed by atoms with van der Waals surface area (Å²) >= 11 is 0. The van der Waals surface area contributed by atoms with Gasteiger partial charge >= 0.3 is 0 Å². The maximum absolute atomic E-state index is 8.41. The van der Waals surface area contributed by atoms with E-state index in [-0.39, 0.29) is 0 Å². The highest BCUT2D eigenvalue weighted by Gasteiger charge is 2.07. The van der Waals surface area contributed by atoms with Crippen LogP contribution in [0.4, 0.5) is 0 Å². The maximum Gasteiger partial charge on any atom is 0.124 e. The fourth-order valence-corrected chi connectivity index (χ4v) is 0.657. The number of rotatable bonds is 0. The van der Waals surface area contributed by atoms with Crippen LogP contribution in [0.3, 0.4) is 0 Å². The predicted octanol–water partition coefficient (Wildman–Crippen LogP) is 0.189. The zero-order valence-corrected chi connectivity index (χ0v) is 4.46. The molecule has 1 aliphatic rings. The topological polar surface area (TPSA) is 58.6 Å². The largest absolute Gasteiger partial charge is 0.515 e. The van der Waals surface area contributed by atoms with E-state index in [1.807, 2.05) is 0 Å². The molecule has 0 saturated carbocycles. The molecule has 1 aliphatic heterocycles. The van der Waals surface area contributed by atoms with Crippen molar-refractivity contribution in [1.82, 2.24) is 0 Å². The second kappa shape index (κ2) is 1.86. The van der Waals surface area contributed by atoms with Gasteiger partial charge in [0.05, 0.1) is 6.26 Å². The highest BCUT2D eigenvalue weighted by molar-refractivity contribution is 5.98. The third-order valence-corrected chi connectivity index (χ3v) is 1.15. The van der Waals surface area contributed by atoms with Crippen LogP contribution in [0.25, 0.3) is 0 Å². The summed E-state index contributed by atoms with van der Waals surface area (Å²) in [5, 5.41) is 8.41. The summed E-state index contributed by atoms with van der Waals surface area (Å²) in [6.45, 7) is 0.720. The smallest absolute Gasteiger partial charge is 0.124 e. The molecule has 1 rings (SSSR count). The van der Waals surface area contributed by atoms with Gasteiger partial charge in [-0.2, -0.15) is 0 Å². The molecule has 3 heteroatoms. The van der Waals surface area contributed by atoms with Crippen LogP contribution in [0.1, 0.15) is 6.42 Å². The summed E-state index contributed by atoms with van der Waals surface area (Å²) in [4.78, 5) is 3.85. The summed E-state index contributed by atoms with van der Waals surface area (Å²) < 4.78 is 0. The molecule has 0 spiro atoms. The van der Waals surface area contributed by atoms with E-state index in [2.05, 4.69) is 4.99 Å². The first-order chi connectivity index (χ1) is 3.84. The Kier molecular flexibility index (Phi) is 1.20. The average molecular weight is 112 g/mol. The number of aliphatic hydroxyl groups is 1. The van der Waals surface area contributed by atoms with Crippen molar-refractivity contribution in [3.8, 4) is 0 Å². The van der Waals surface area contributed by atoms with E-state index < -0.39 is 0 Å². The van der Waals surface area contributed by atoms with Crippen LogP contribution in [-0.2, 0) is 0 Å². The number of hydrogen-bond donors (Lipinski definition) is 2. The molecular weight excluding hydrogens is 104 g/mol. The SMILES string of the molecule is NC1=NCCC1=CO. The van der Waals surface area contributed by atoms with Crippen molar-refractivity contribution in [3.05, 3.63) is 11.8 Å². The predicted molar refractivity (Wildman–Crippen MR) is 31.8 cm³/mol. The van der Waals surface area contributed by atoms with E-state index in [1.54, 1.807) is 0 Å². The summed E-state index contributed by atoms with van der Waals surface area (Å²) in [5.41, 5.74) is 6.07. The zero-order chi connectivity index (χ0) is 5.98. The van der Waals surface area contributed by atoms with Crippen LogP contribution >= 0.6 is 0 Å². The van der Waals surface area contributed by atoms with Gasteiger partial charge in [-0.05, 0) is 6.42 Å². The van der Waals surface area contributed by atoms with E-state index in [1.165, 1.54) is 0 Å². The normalized spacial score (nSPS) is 24.0. The molecule has 0 atom stereocenters. The minimum atomic E-state index is 0.479. The maximum atomic E-state index is 8.41. The van der Waals surface area contributed by atoms with Crippen LogP contribution in [-0.4, -0.2) is 17.5 Å². The molecule has 3 N–H and O–H groups in total. The van der Waals surface area contributed by atoms with Gasteiger partial charge < -0.3 is 10.8 Å². The van der Waals surface area contributed by atoms with Crippen molar-refractivity contribution < 1.29 is 5.11 Å². The van der Waals surface area contributed by atoms with Gasteiger partial charge in [0.2, 0.25) is 0 Å². The molecule has 0 saturated heterocycles. The Hall–Kier alpha value is -0.990. The summed E-state index contributed by atoms with van der Waals surface area (Å²) in [6.07, 6.45) is 1.80. The van der Waals surface area contributed by atoms with Crippen molar-refractivity contribution in [3.63, 3.8) is 0 Å². The number of aliphatic imine (C=N–C) groups is 1. The van der Waals surface area contributed by atoms with Gasteiger partial charge in [-0.1, -0.05) is 0 Å². The van der Waals surface area contributed by atoms with Crippen molar-refractivity contribution in [2.75, 3.05) is 6.54 Å². The minimum absolute atomic E-state index is 0.479. The van der Waals surface area contributed by atoms with Gasteiger partial charge in [-0.25, -0.2) is 0 Å². The fourth-order valence-electron chi connectivity index (χ4n) is 0.657. The Morgan fingerprint density at radius 3 is 2.75 bits per heavy atom. The monoisotopic (exact) mass is 112 g/mol. The molecule has 0 aliphatic carbocycles. The molecule has 0 aromatic heterocycles. The molecular formula is C5H8N2O. The Labute approximate surface area is 47.5 Å². The molecule has 3 nitrogen and oxygen atoms in total. The Morgan fingerprint density at radius 1 is 1.75 bits per heavy atom. The first kappa shape index (κ1) is 5.15. The molecule has 0 aromatic carbocycles. The van der Waals surface area contributed by atoms with E-state index in [4.69, 9.17) is 10.8 Å². The van der Waals surface area contributed by atoms with Gasteiger partial charge in [0, 0.05) is 12.1 Å². The molecule has 0 amide bonds. The number of aliphatic hydroxyl groups excluding tert-OH is 1. The van der Waals surface area contributed by atoms with Crippen molar-refractivity contribution >= 4 is 5.84 Å². The van der Waals surface area contributed by atoms with Gasteiger partial charge in [0.1, 0.15) is 5.84 Å². The van der Waals surface area contributed by atoms with Crippen LogP contribution < -0.4 is 5.73 Å². The van der Waals surface area contributed by atoms with Crippen LogP contribution in [0.5, 0.6) is 0 Å². The summed E-state index contributed by atoms with van der Waals surface area (Å²) in [6, 6.07) is 0. The van der Waals surface area contributed by atoms with Crippen LogP contribution in [0.15, 0.2) is 16.8 Å². The van der Waals surface area contributed by atoms with Gasteiger partial charge in [-0.15, -0.1) is 0 Å². The molecule has 1 heterocycles. The summed E-state index contributed by atoms with van der Waals surface area (Å²) in [5.74, 6) is 0.479. The fraction of sp³-hybridized carbons (Fsp3) is 0.400. The molecule has 0 bridgehead atoms. The van der Waals surface area contributed by atoms with E-state index in [9.17, 15) is 0 Å². The first-order valence-electron chi connectivity index (χ1n) is 2.48. The number of nitrogens with two attached hydrogens (primary N) is 1. The first-order valence-corrected chi connectivity index (χ1v) is 2.48. The third-order valence-electron chi connectivity index (χ3n) is 1.15. The molecule has 0 unspecified atom stereocenters. The van der Waals surface area contributed by atoms with E-state index in [0.29, 0.717) is 5.84 Å². The van der Waals surface area contributed by atoms with Crippen LogP contribution in [0, 0.1) is 0 Å². The van der Waals surface area contributed by atoms with Crippen molar-refractivity contribution in [2.45, 2.75) is 6.42 Å². The zero-order valence-electron chi connectivity index (χ0n) is 4.46. The molecule has 0 aromatic rings. The highest BCUT2D eigenvalue weighted by atomic mass is 16.2. The summed E-state index contributed by atoms with van der Waals surface area (Å²) in [7, 11) is 0. The molecule has 0 fully saturated rings. The third kappa shape index (κ3) is 0.665. The number of nitrogens with zero attached hydrogens (tertiary/aromatic N) is 1. The lowest BCUT2D eigenvalue weighted by Gasteiger charge is -1.89. The quantitative estimate of drug-likeness (QED) is 0.439. The second-order valence-electron chi connectivity index (χ2n) is 1.67. The minimum Gasteiger partial charge on any atom is -0.515 e. The second-order valence-corrected chi connectivity index (χ2v) is 1.67. The Balaban J connectivity index is 2.74. The van der Waals surface area contributed by atoms with Gasteiger partial charge in [0.25, 0.3) is 0 Å². The van der Waals surface area contributed by atoms with Gasteiger partial charge in [0.15, 0.2) is 0 Å². The number of amidine groups is 1. The highest BCUT2D eigenvalue weighted by Crippen LogP contribution is 2.07. The lowest BCUT2D eigenvalue weighted by atomic mass is 10.2. The van der Waals surface area contributed by atoms with E-state index >= 15 is 0 Å². The lowest BCUT2D eigenvalue weighted by Crippen LogP contribution is -2.09. The van der Waals surface area contributed by atoms with Crippen molar-refractivity contribution in [2.24, 2.45) is 10.7 Å². The number of hydrogen-bond acceptors (Lipinski definition) is 3. The van der Waals surface area contributed by atoms with Crippen molar-refractivity contribution in [1.29, 1.82) is 0 Å². The molecule has 44 valence electrons. The molecule has 8 heavy (non-hydrogen) atoms. The Bertz CT molecular complexity index is 149. The Morgan fingerprint density at radius 2 is 2.50 bits per heavy atom. The van der Waals surface area contributed by atoms with E-state index in [0.717, 1.165) is 24.8 Å². The van der Waals surface area contributed by atoms with Crippen LogP contribution in [0.2, 0.25) is 0 Å². The average Bonchev–Trinajstić information content (AvgIpc) is 2.14. The van der Waals surface area contributed by atoms with Gasteiger partial charge in [-0.3, -0.25) is 4.99 Å².